The molecule has 1 N–H and O–H groups in total. The number of rotatable bonds is 4. The first-order valence-electron chi connectivity index (χ1n) is 4.23. The molecular formula is C8H15ClFN. The van der Waals surface area contributed by atoms with Crippen LogP contribution in [0, 0.1) is 5.92 Å². The Balaban J connectivity index is 1.99. The Morgan fingerprint density at radius 3 is 2.82 bits per heavy atom. The Labute approximate surface area is 72.3 Å². The third-order valence-electron chi connectivity index (χ3n) is 2.18. The molecule has 0 bridgehead atoms. The van der Waals surface area contributed by atoms with Gasteiger partial charge in [0, 0.05) is 11.9 Å². The van der Waals surface area contributed by atoms with Crippen LogP contribution in [0.15, 0.2) is 0 Å². The van der Waals surface area contributed by atoms with Crippen LogP contribution in [0.2, 0.25) is 0 Å². The molecule has 0 radical (unpaired) electrons. The van der Waals surface area contributed by atoms with Gasteiger partial charge in [-0.2, -0.15) is 0 Å². The summed E-state index contributed by atoms with van der Waals surface area (Å²) in [5.74, 6) is 0.684. The lowest BCUT2D eigenvalue weighted by Gasteiger charge is -2.08. The van der Waals surface area contributed by atoms with Crippen molar-refractivity contribution in [2.45, 2.75) is 24.6 Å². The van der Waals surface area contributed by atoms with Crippen molar-refractivity contribution in [1.82, 2.24) is 5.32 Å². The largest absolute Gasteiger partial charge is 0.314 e. The summed E-state index contributed by atoms with van der Waals surface area (Å²) in [5, 5.41) is 3.43. The second-order valence-electron chi connectivity index (χ2n) is 3.17. The highest BCUT2D eigenvalue weighted by molar-refractivity contribution is 6.20. The molecule has 0 aromatic rings. The summed E-state index contributed by atoms with van der Waals surface area (Å²) in [6, 6.07) is 0. The lowest BCUT2D eigenvalue weighted by Crippen LogP contribution is -2.23. The van der Waals surface area contributed by atoms with Crippen LogP contribution in [0.3, 0.4) is 0 Å². The topological polar surface area (TPSA) is 12.0 Å². The minimum absolute atomic E-state index is 0.267. The predicted molar refractivity (Wildman–Crippen MR) is 45.8 cm³/mol. The van der Waals surface area contributed by atoms with Crippen LogP contribution < -0.4 is 5.32 Å². The number of hydrogen-bond acceptors (Lipinski definition) is 1. The van der Waals surface area contributed by atoms with Crippen LogP contribution in [-0.4, -0.2) is 25.1 Å². The first-order chi connectivity index (χ1) is 5.33. The van der Waals surface area contributed by atoms with E-state index in [0.717, 1.165) is 19.4 Å². The third-order valence-corrected chi connectivity index (χ3v) is 2.58. The van der Waals surface area contributed by atoms with E-state index >= 15 is 0 Å². The van der Waals surface area contributed by atoms with Crippen molar-refractivity contribution in [3.8, 4) is 0 Å². The van der Waals surface area contributed by atoms with Crippen LogP contribution in [-0.2, 0) is 0 Å². The van der Waals surface area contributed by atoms with Crippen LogP contribution in [0.4, 0.5) is 4.39 Å². The molecule has 11 heavy (non-hydrogen) atoms. The average Bonchev–Trinajstić information content (AvgIpc) is 2.37. The Morgan fingerprint density at radius 2 is 2.27 bits per heavy atom. The van der Waals surface area contributed by atoms with Crippen molar-refractivity contribution in [2.24, 2.45) is 5.92 Å². The van der Waals surface area contributed by atoms with E-state index in [2.05, 4.69) is 5.32 Å². The zero-order chi connectivity index (χ0) is 8.10. The molecule has 1 aliphatic carbocycles. The van der Waals surface area contributed by atoms with E-state index in [1.807, 2.05) is 0 Å². The maximum Gasteiger partial charge on any atom is 0.102 e. The molecule has 0 spiro atoms. The zero-order valence-corrected chi connectivity index (χ0v) is 7.41. The molecule has 0 aliphatic heterocycles. The van der Waals surface area contributed by atoms with Crippen LogP contribution in [0.5, 0.6) is 0 Å². The minimum Gasteiger partial charge on any atom is -0.314 e. The molecule has 1 rings (SSSR count). The molecule has 0 aromatic heterocycles. The summed E-state index contributed by atoms with van der Waals surface area (Å²) in [6.45, 7) is 1.16. The molecule has 0 saturated heterocycles. The summed E-state index contributed by atoms with van der Waals surface area (Å²) in [6.07, 6.45) is 3.43. The van der Waals surface area contributed by atoms with E-state index in [0.29, 0.717) is 17.8 Å². The van der Waals surface area contributed by atoms with Gasteiger partial charge in [-0.3, -0.25) is 0 Å². The van der Waals surface area contributed by atoms with E-state index < -0.39 is 0 Å². The van der Waals surface area contributed by atoms with Crippen molar-refractivity contribution in [1.29, 1.82) is 0 Å². The SMILES string of the molecule is FCCNCC1CCC(Cl)C1. The second kappa shape index (κ2) is 4.94. The Hall–Kier alpha value is 0.180. The molecule has 1 aliphatic rings. The summed E-state index contributed by atoms with van der Waals surface area (Å²) in [7, 11) is 0. The summed E-state index contributed by atoms with van der Waals surface area (Å²) >= 11 is 5.92. The molecule has 2 unspecified atom stereocenters. The first kappa shape index (κ1) is 9.27. The number of halogens is 2. The van der Waals surface area contributed by atoms with E-state index in [9.17, 15) is 4.39 Å². The first-order valence-corrected chi connectivity index (χ1v) is 4.67. The lowest BCUT2D eigenvalue weighted by atomic mass is 10.1. The van der Waals surface area contributed by atoms with Gasteiger partial charge in [-0.05, 0) is 31.7 Å². The molecular weight excluding hydrogens is 165 g/mol. The minimum atomic E-state index is -0.267. The fourth-order valence-corrected chi connectivity index (χ4v) is 1.95. The summed E-state index contributed by atoms with van der Waals surface area (Å²) in [5.41, 5.74) is 0. The fraction of sp³-hybridized carbons (Fsp3) is 1.00. The number of hydrogen-bond donors (Lipinski definition) is 1. The Morgan fingerprint density at radius 1 is 1.45 bits per heavy atom. The average molecular weight is 180 g/mol. The predicted octanol–water partition coefficient (Wildman–Crippen LogP) is 1.95. The fourth-order valence-electron chi connectivity index (χ4n) is 1.57. The van der Waals surface area contributed by atoms with Gasteiger partial charge in [-0.25, -0.2) is 4.39 Å². The Kier molecular flexibility index (Phi) is 4.16. The second-order valence-corrected chi connectivity index (χ2v) is 3.79. The highest BCUT2D eigenvalue weighted by Gasteiger charge is 2.21. The van der Waals surface area contributed by atoms with Gasteiger partial charge in [0.25, 0.3) is 0 Å². The third kappa shape index (κ3) is 3.39. The van der Waals surface area contributed by atoms with E-state index in [4.69, 9.17) is 11.6 Å². The molecule has 1 nitrogen and oxygen atoms in total. The molecule has 0 amide bonds. The van der Waals surface area contributed by atoms with E-state index in [-0.39, 0.29) is 6.67 Å². The maximum atomic E-state index is 11.7. The standard InChI is InChI=1S/C8H15ClFN/c9-8-2-1-7(5-8)6-11-4-3-10/h7-8,11H,1-6H2. The van der Waals surface area contributed by atoms with Gasteiger partial charge in [0.15, 0.2) is 0 Å². The van der Waals surface area contributed by atoms with Gasteiger partial charge in [0.1, 0.15) is 6.67 Å². The quantitative estimate of drug-likeness (QED) is 0.514. The van der Waals surface area contributed by atoms with Crippen molar-refractivity contribution < 1.29 is 4.39 Å². The summed E-state index contributed by atoms with van der Waals surface area (Å²) < 4.78 is 11.7. The molecule has 3 heteroatoms. The monoisotopic (exact) mass is 179 g/mol. The Bertz CT molecular complexity index is 110. The smallest absolute Gasteiger partial charge is 0.102 e. The van der Waals surface area contributed by atoms with Gasteiger partial charge in [0.05, 0.1) is 0 Å². The van der Waals surface area contributed by atoms with E-state index in [1.54, 1.807) is 0 Å². The maximum absolute atomic E-state index is 11.7. The zero-order valence-electron chi connectivity index (χ0n) is 6.65. The van der Waals surface area contributed by atoms with Gasteiger partial charge in [-0.1, -0.05) is 0 Å². The summed E-state index contributed by atoms with van der Waals surface area (Å²) in [4.78, 5) is 0. The normalized spacial score (nSPS) is 31.1. The molecule has 1 saturated carbocycles. The van der Waals surface area contributed by atoms with Gasteiger partial charge in [-0.15, -0.1) is 11.6 Å². The van der Waals surface area contributed by atoms with Crippen LogP contribution >= 0.6 is 11.6 Å². The van der Waals surface area contributed by atoms with Gasteiger partial charge < -0.3 is 5.32 Å². The molecule has 0 aromatic carbocycles. The van der Waals surface area contributed by atoms with Crippen molar-refractivity contribution >= 4 is 11.6 Å². The molecule has 0 heterocycles. The van der Waals surface area contributed by atoms with Crippen LogP contribution in [0.25, 0.3) is 0 Å². The number of nitrogens with one attached hydrogen (secondary N) is 1. The van der Waals surface area contributed by atoms with Crippen molar-refractivity contribution in [3.63, 3.8) is 0 Å². The molecule has 1 fully saturated rings. The highest BCUT2D eigenvalue weighted by Crippen LogP contribution is 2.28. The molecule has 66 valence electrons. The lowest BCUT2D eigenvalue weighted by molar-refractivity contribution is 0.432. The van der Waals surface area contributed by atoms with Crippen LogP contribution in [0.1, 0.15) is 19.3 Å². The number of alkyl halides is 2. The van der Waals surface area contributed by atoms with E-state index in [1.165, 1.54) is 6.42 Å². The van der Waals surface area contributed by atoms with Crippen molar-refractivity contribution in [3.05, 3.63) is 0 Å². The molecule has 2 atom stereocenters. The highest BCUT2D eigenvalue weighted by atomic mass is 35.5. The van der Waals surface area contributed by atoms with Gasteiger partial charge >= 0.3 is 0 Å². The van der Waals surface area contributed by atoms with Gasteiger partial charge in [0.2, 0.25) is 0 Å². The van der Waals surface area contributed by atoms with Crippen molar-refractivity contribution in [2.75, 3.05) is 19.8 Å².